The van der Waals surface area contributed by atoms with Gasteiger partial charge in [0.2, 0.25) is 4.38 Å². The monoisotopic (exact) mass is 632 g/mol. The van der Waals surface area contributed by atoms with E-state index in [1.807, 2.05) is 18.8 Å². The Kier molecular flexibility index (Phi) is 33.3. The molecule has 0 spiro atoms. The average molecular weight is 633 g/mol. The Morgan fingerprint density at radius 2 is 1.44 bits per heavy atom. The van der Waals surface area contributed by atoms with Crippen molar-refractivity contribution in [3.63, 3.8) is 0 Å². The van der Waals surface area contributed by atoms with Gasteiger partial charge in [-0.25, -0.2) is 0 Å². The summed E-state index contributed by atoms with van der Waals surface area (Å²) in [5.41, 5.74) is 0. The summed E-state index contributed by atoms with van der Waals surface area (Å²) in [5.74, 6) is -0.291. The molecule has 0 aliphatic heterocycles. The fourth-order valence-electron chi connectivity index (χ4n) is 2.94. The first-order valence-corrected chi connectivity index (χ1v) is 14.2. The summed E-state index contributed by atoms with van der Waals surface area (Å²) in [6, 6.07) is 0. The van der Waals surface area contributed by atoms with Gasteiger partial charge in [-0.1, -0.05) is 60.0 Å². The van der Waals surface area contributed by atoms with Gasteiger partial charge in [0, 0.05) is 19.8 Å². The molecule has 0 bridgehead atoms. The van der Waals surface area contributed by atoms with Crippen molar-refractivity contribution < 1.29 is 59.2 Å². The van der Waals surface area contributed by atoms with Crippen molar-refractivity contribution in [1.82, 2.24) is 0 Å². The van der Waals surface area contributed by atoms with E-state index >= 15 is 0 Å². The molecule has 0 aromatic heterocycles. The molecule has 2 aliphatic carbocycles. The number of hydrogen-bond donors (Lipinski definition) is 1. The number of aliphatic carboxylic acids is 1. The van der Waals surface area contributed by atoms with Crippen LogP contribution in [-0.2, 0) is 19.1 Å². The van der Waals surface area contributed by atoms with Crippen molar-refractivity contribution >= 4 is 80.0 Å². The van der Waals surface area contributed by atoms with Crippen LogP contribution in [0.25, 0.3) is 0 Å². The number of halogens is 1. The second-order valence-corrected chi connectivity index (χ2v) is 9.23. The van der Waals surface area contributed by atoms with E-state index in [0.29, 0.717) is 41.3 Å². The number of thioether (sulfide) groups is 1. The van der Waals surface area contributed by atoms with E-state index in [0.717, 1.165) is 44.9 Å². The summed E-state index contributed by atoms with van der Waals surface area (Å²) in [7, 11) is 0. The van der Waals surface area contributed by atoms with Crippen LogP contribution in [0.3, 0.4) is 0 Å². The number of ether oxygens (including phenoxy) is 2. The summed E-state index contributed by atoms with van der Waals surface area (Å²) >= 11 is 12.9. The molecule has 0 radical (unpaired) electrons. The Hall–Kier alpha value is 0.960. The van der Waals surface area contributed by atoms with Crippen LogP contribution >= 0.6 is 58.8 Å². The number of carbonyl (C=O) groups excluding carboxylic acids is 1. The zero-order valence-electron chi connectivity index (χ0n) is 20.1. The summed E-state index contributed by atoms with van der Waals surface area (Å²) < 4.78 is 9.56. The van der Waals surface area contributed by atoms with E-state index < -0.39 is 10.7 Å². The minimum absolute atomic E-state index is 0. The van der Waals surface area contributed by atoms with Crippen molar-refractivity contribution in [1.29, 1.82) is 0 Å². The molecule has 2 aliphatic rings. The molecular weight excluding hydrogens is 594 g/mol. The number of carboxylic acids is 1. The van der Waals surface area contributed by atoms with Gasteiger partial charge in [0.25, 0.3) is 0 Å². The molecule has 2 fully saturated rings. The first kappa shape index (κ1) is 40.1. The number of Topliss-reactive ketones (excluding diaryl/α,β-unsaturated/α-hetero) is 1. The standard InChI is InChI=1S/C10H16O3S2.C6H10O.C4H8OS.CH3I.Na.H2O/c1-2-13-9(14)15-10(8(11)12)6-4-3-5-7-10;7-6-4-2-1-3-5-6;1-3-5-4(2)6;1-2;;/h2-7H2,1H3,(H,11,12);1-5H2;3H2,1-2H3;1H3;;1H2/q;;;;+1;/p-1. The van der Waals surface area contributed by atoms with Crippen molar-refractivity contribution in [3.05, 3.63) is 0 Å². The maximum absolute atomic E-state index is 11.3. The zero-order chi connectivity index (χ0) is 23.4. The van der Waals surface area contributed by atoms with Crippen LogP contribution in [0.4, 0.5) is 0 Å². The summed E-state index contributed by atoms with van der Waals surface area (Å²) in [6.45, 7) is 6.71. The number of carbonyl (C=O) groups is 2. The molecule has 0 aromatic carbocycles. The topological polar surface area (TPSA) is 103 Å². The minimum atomic E-state index is -0.755. The molecule has 2 N–H and O–H groups in total. The summed E-state index contributed by atoms with van der Waals surface area (Å²) in [5, 5.41) is 9.89. The van der Waals surface area contributed by atoms with Crippen LogP contribution in [0.2, 0.25) is 0 Å². The second-order valence-electron chi connectivity index (χ2n) is 6.67. The smallest absolute Gasteiger partial charge is 0.870 e. The molecule has 6 nitrogen and oxygen atoms in total. The molecule has 0 heterocycles. The average Bonchev–Trinajstić information content (AvgIpc) is 2.72. The Bertz CT molecular complexity index is 510. The quantitative estimate of drug-likeness (QED) is 0.216. The van der Waals surface area contributed by atoms with Crippen LogP contribution in [0.15, 0.2) is 0 Å². The Labute approximate surface area is 244 Å². The molecule has 32 heavy (non-hydrogen) atoms. The van der Waals surface area contributed by atoms with Crippen LogP contribution in [-0.4, -0.2) is 54.7 Å². The van der Waals surface area contributed by atoms with Gasteiger partial charge in [-0.3, -0.25) is 9.59 Å². The molecule has 11 heteroatoms. The molecule has 0 amide bonds. The van der Waals surface area contributed by atoms with E-state index in [1.54, 1.807) is 6.92 Å². The van der Waals surface area contributed by atoms with E-state index in [9.17, 15) is 14.7 Å². The second kappa shape index (κ2) is 26.6. The van der Waals surface area contributed by atoms with Gasteiger partial charge in [-0.2, -0.15) is 0 Å². The van der Waals surface area contributed by atoms with Crippen molar-refractivity contribution in [2.24, 2.45) is 0 Å². The number of ketones is 1. The summed E-state index contributed by atoms with van der Waals surface area (Å²) in [6.07, 6.45) is 9.68. The third kappa shape index (κ3) is 21.5. The predicted octanol–water partition coefficient (Wildman–Crippen LogP) is 3.60. The number of alkyl halides is 1. The molecule has 2 rings (SSSR count). The van der Waals surface area contributed by atoms with Gasteiger partial charge in [0.1, 0.15) is 10.5 Å². The number of thiocarbonyl (C=S) groups is 2. The Balaban J connectivity index is -0.000000194. The van der Waals surface area contributed by atoms with Gasteiger partial charge in [-0.15, -0.1) is 0 Å². The fourth-order valence-corrected chi connectivity index (χ4v) is 4.73. The molecule has 0 atom stereocenters. The SMILES string of the molecule is CCOC(=S)SC1(C(=O)O)CCCCC1.CCOC(C)=S.CI.O=C1CCCCC1.[Na+].[OH-]. The van der Waals surface area contributed by atoms with E-state index in [1.165, 1.54) is 18.2 Å². The maximum Gasteiger partial charge on any atom is 1.00 e. The van der Waals surface area contributed by atoms with Gasteiger partial charge in [-0.05, 0) is 68.9 Å². The largest absolute Gasteiger partial charge is 1.00 e. The minimum Gasteiger partial charge on any atom is -0.870 e. The van der Waals surface area contributed by atoms with Gasteiger partial charge in [0.15, 0.2) is 5.05 Å². The molecule has 2 saturated carbocycles. The normalized spacial score (nSPS) is 15.7. The molecule has 0 aromatic rings. The van der Waals surface area contributed by atoms with Gasteiger partial charge in [0.05, 0.1) is 13.2 Å². The molecular formula is C21H38INaO6S3. The Morgan fingerprint density at radius 3 is 1.72 bits per heavy atom. The van der Waals surface area contributed by atoms with Crippen LogP contribution < -0.4 is 29.6 Å². The number of hydrogen-bond acceptors (Lipinski definition) is 8. The number of carboxylic acid groups (broad SMARTS) is 1. The third-order valence-electron chi connectivity index (χ3n) is 4.35. The predicted molar refractivity (Wildman–Crippen MR) is 145 cm³/mol. The first-order chi connectivity index (χ1) is 14.3. The summed E-state index contributed by atoms with van der Waals surface area (Å²) in [4.78, 5) is 23.7. The molecule has 184 valence electrons. The van der Waals surface area contributed by atoms with Crippen LogP contribution in [0.5, 0.6) is 0 Å². The Morgan fingerprint density at radius 1 is 1.00 bits per heavy atom. The van der Waals surface area contributed by atoms with Crippen molar-refractivity contribution in [2.45, 2.75) is 89.7 Å². The fraction of sp³-hybridized carbons (Fsp3) is 0.810. The third-order valence-corrected chi connectivity index (χ3v) is 6.09. The first-order valence-electron chi connectivity index (χ1n) is 10.4. The van der Waals surface area contributed by atoms with Crippen LogP contribution in [0, 0.1) is 0 Å². The van der Waals surface area contributed by atoms with Crippen molar-refractivity contribution in [3.8, 4) is 0 Å². The van der Waals surface area contributed by atoms with E-state index in [-0.39, 0.29) is 35.0 Å². The maximum atomic E-state index is 11.3. The van der Waals surface area contributed by atoms with E-state index in [4.69, 9.17) is 21.7 Å². The van der Waals surface area contributed by atoms with Gasteiger partial charge >= 0.3 is 35.5 Å². The molecule has 0 saturated heterocycles. The number of rotatable bonds is 4. The molecule has 0 unspecified atom stereocenters. The zero-order valence-corrected chi connectivity index (χ0v) is 26.7. The van der Waals surface area contributed by atoms with E-state index in [2.05, 4.69) is 34.8 Å². The van der Waals surface area contributed by atoms with Crippen molar-refractivity contribution in [2.75, 3.05) is 18.1 Å². The van der Waals surface area contributed by atoms with Gasteiger partial charge < -0.3 is 20.1 Å². The van der Waals surface area contributed by atoms with Crippen LogP contribution in [0.1, 0.15) is 85.0 Å².